The fourth-order valence-corrected chi connectivity index (χ4v) is 1.66. The highest BCUT2D eigenvalue weighted by Crippen LogP contribution is 2.20. The first-order chi connectivity index (χ1) is 8.26. The van der Waals surface area contributed by atoms with Gasteiger partial charge in [-0.3, -0.25) is 9.90 Å². The first-order valence-corrected chi connectivity index (χ1v) is 5.50. The minimum Gasteiger partial charge on any atom is -0.396 e. The number of anilines is 2. The molecule has 2 aromatic heterocycles. The molecule has 0 atom stereocenters. The number of aliphatic hydroxyl groups is 1. The van der Waals surface area contributed by atoms with Gasteiger partial charge in [0.2, 0.25) is 0 Å². The van der Waals surface area contributed by atoms with Gasteiger partial charge < -0.3 is 10.8 Å². The van der Waals surface area contributed by atoms with Gasteiger partial charge in [-0.2, -0.15) is 5.10 Å². The molecule has 3 N–H and O–H groups in total. The number of nitrogens with zero attached hydrogens (tertiary/aromatic N) is 3. The van der Waals surface area contributed by atoms with Crippen molar-refractivity contribution in [2.45, 2.75) is 6.92 Å². The predicted molar refractivity (Wildman–Crippen MR) is 65.7 cm³/mol. The summed E-state index contributed by atoms with van der Waals surface area (Å²) < 4.78 is 1.70. The quantitative estimate of drug-likeness (QED) is 0.746. The number of aromatic nitrogens is 2. The minimum atomic E-state index is 0.0277. The maximum Gasteiger partial charge on any atom is 0.0912 e. The van der Waals surface area contributed by atoms with E-state index in [2.05, 4.69) is 5.10 Å². The Hall–Kier alpha value is -1.79. The zero-order valence-corrected chi connectivity index (χ0v) is 9.71. The van der Waals surface area contributed by atoms with E-state index in [-0.39, 0.29) is 6.61 Å². The summed E-state index contributed by atoms with van der Waals surface area (Å²) >= 11 is 0. The fraction of sp³-hybridized carbons (Fsp3) is 0.364. The summed E-state index contributed by atoms with van der Waals surface area (Å²) in [6, 6.07) is 3.75. The SMILES string of the molecule is CCON(CCO)c1ccn2ncc(N)c2c1. The van der Waals surface area contributed by atoms with Crippen LogP contribution in [0.5, 0.6) is 0 Å². The van der Waals surface area contributed by atoms with Crippen LogP contribution >= 0.6 is 0 Å². The van der Waals surface area contributed by atoms with E-state index < -0.39 is 0 Å². The molecule has 0 radical (unpaired) electrons. The number of nitrogens with two attached hydrogens (primary N) is 1. The Balaban J connectivity index is 2.35. The number of rotatable bonds is 5. The Labute approximate surface area is 99.2 Å². The molecule has 0 amide bonds. The Bertz CT molecular complexity index is 491. The monoisotopic (exact) mass is 236 g/mol. The standard InChI is InChI=1S/C11H16N4O2/c1-2-17-15(5-6-16)9-3-4-14-11(7-9)10(12)8-13-14/h3-4,7-8,16H,2,5-6,12H2,1H3. The van der Waals surface area contributed by atoms with Crippen LogP contribution in [0.25, 0.3) is 5.52 Å². The second-order valence-electron chi connectivity index (χ2n) is 3.56. The molecule has 2 rings (SSSR count). The van der Waals surface area contributed by atoms with Crippen molar-refractivity contribution in [2.24, 2.45) is 0 Å². The molecule has 0 aliphatic carbocycles. The maximum atomic E-state index is 8.99. The third-order valence-corrected chi connectivity index (χ3v) is 2.41. The average molecular weight is 236 g/mol. The van der Waals surface area contributed by atoms with Crippen molar-refractivity contribution in [1.82, 2.24) is 9.61 Å². The fourth-order valence-electron chi connectivity index (χ4n) is 1.66. The van der Waals surface area contributed by atoms with Crippen LogP contribution in [-0.2, 0) is 4.84 Å². The summed E-state index contributed by atoms with van der Waals surface area (Å²) in [6.45, 7) is 2.88. The molecule has 2 heterocycles. The highest BCUT2D eigenvalue weighted by Gasteiger charge is 2.08. The van der Waals surface area contributed by atoms with Gasteiger partial charge in [-0.25, -0.2) is 4.52 Å². The van der Waals surface area contributed by atoms with E-state index in [1.807, 2.05) is 25.3 Å². The van der Waals surface area contributed by atoms with E-state index in [1.54, 1.807) is 15.8 Å². The van der Waals surface area contributed by atoms with Crippen molar-refractivity contribution in [3.05, 3.63) is 24.5 Å². The lowest BCUT2D eigenvalue weighted by Gasteiger charge is -2.22. The number of hydrogen-bond donors (Lipinski definition) is 2. The molecule has 0 saturated carbocycles. The van der Waals surface area contributed by atoms with Gasteiger partial charge in [0, 0.05) is 6.20 Å². The van der Waals surface area contributed by atoms with Crippen LogP contribution in [0.15, 0.2) is 24.5 Å². The van der Waals surface area contributed by atoms with E-state index >= 15 is 0 Å². The molecule has 17 heavy (non-hydrogen) atoms. The number of fused-ring (bicyclic) bond motifs is 1. The van der Waals surface area contributed by atoms with E-state index in [9.17, 15) is 0 Å². The highest BCUT2D eigenvalue weighted by atomic mass is 16.7. The molecule has 0 aliphatic rings. The number of pyridine rings is 1. The zero-order valence-electron chi connectivity index (χ0n) is 9.71. The third-order valence-electron chi connectivity index (χ3n) is 2.41. The van der Waals surface area contributed by atoms with Gasteiger partial charge in [-0.05, 0) is 19.1 Å². The van der Waals surface area contributed by atoms with Crippen LogP contribution in [-0.4, -0.2) is 34.5 Å². The van der Waals surface area contributed by atoms with Crippen molar-refractivity contribution in [3.8, 4) is 0 Å². The Morgan fingerprint density at radius 3 is 3.12 bits per heavy atom. The molecule has 6 nitrogen and oxygen atoms in total. The van der Waals surface area contributed by atoms with Gasteiger partial charge in [0.15, 0.2) is 0 Å². The first kappa shape index (κ1) is 11.7. The lowest BCUT2D eigenvalue weighted by atomic mass is 10.3. The molecule has 2 aromatic rings. The molecule has 92 valence electrons. The Morgan fingerprint density at radius 2 is 2.41 bits per heavy atom. The Kier molecular flexibility index (Phi) is 3.46. The van der Waals surface area contributed by atoms with Crippen molar-refractivity contribution in [1.29, 1.82) is 0 Å². The number of nitrogen functional groups attached to an aromatic ring is 1. The highest BCUT2D eigenvalue weighted by molar-refractivity contribution is 5.72. The lowest BCUT2D eigenvalue weighted by Crippen LogP contribution is -2.26. The van der Waals surface area contributed by atoms with Crippen LogP contribution < -0.4 is 10.8 Å². The van der Waals surface area contributed by atoms with Gasteiger partial charge >= 0.3 is 0 Å². The largest absolute Gasteiger partial charge is 0.396 e. The number of hydroxylamine groups is 1. The van der Waals surface area contributed by atoms with Crippen LogP contribution in [0.3, 0.4) is 0 Å². The third kappa shape index (κ3) is 2.32. The molecule has 0 aliphatic heterocycles. The normalized spacial score (nSPS) is 10.9. The van der Waals surface area contributed by atoms with E-state index in [0.29, 0.717) is 18.8 Å². The first-order valence-electron chi connectivity index (χ1n) is 5.50. The molecular weight excluding hydrogens is 220 g/mol. The summed E-state index contributed by atoms with van der Waals surface area (Å²) in [4.78, 5) is 5.44. The predicted octanol–water partition coefficient (Wildman–Crippen LogP) is 0.667. The van der Waals surface area contributed by atoms with Crippen LogP contribution in [0, 0.1) is 0 Å². The molecule has 6 heteroatoms. The van der Waals surface area contributed by atoms with Crippen molar-refractivity contribution >= 4 is 16.9 Å². The zero-order chi connectivity index (χ0) is 12.3. The molecular formula is C11H16N4O2. The van der Waals surface area contributed by atoms with E-state index in [4.69, 9.17) is 15.7 Å². The van der Waals surface area contributed by atoms with Crippen LogP contribution in [0.1, 0.15) is 6.92 Å². The smallest absolute Gasteiger partial charge is 0.0912 e. The van der Waals surface area contributed by atoms with E-state index in [0.717, 1.165) is 11.2 Å². The molecule has 0 spiro atoms. The van der Waals surface area contributed by atoms with Crippen molar-refractivity contribution in [2.75, 3.05) is 30.6 Å². The van der Waals surface area contributed by atoms with Gasteiger partial charge in [0.25, 0.3) is 0 Å². The molecule has 0 unspecified atom stereocenters. The number of aliphatic hydroxyl groups excluding tert-OH is 1. The second-order valence-corrected chi connectivity index (χ2v) is 3.56. The second kappa shape index (κ2) is 5.03. The lowest BCUT2D eigenvalue weighted by molar-refractivity contribution is 0.107. The van der Waals surface area contributed by atoms with Crippen molar-refractivity contribution < 1.29 is 9.94 Å². The summed E-state index contributed by atoms with van der Waals surface area (Å²) in [6.07, 6.45) is 3.42. The molecule has 0 bridgehead atoms. The number of hydrogen-bond acceptors (Lipinski definition) is 5. The summed E-state index contributed by atoms with van der Waals surface area (Å²) in [5.74, 6) is 0. The summed E-state index contributed by atoms with van der Waals surface area (Å²) in [7, 11) is 0. The van der Waals surface area contributed by atoms with E-state index in [1.165, 1.54) is 0 Å². The van der Waals surface area contributed by atoms with Gasteiger partial charge in [0.05, 0.1) is 42.8 Å². The summed E-state index contributed by atoms with van der Waals surface area (Å²) in [5, 5.41) is 14.7. The molecule has 0 saturated heterocycles. The topological polar surface area (TPSA) is 76.0 Å². The molecule has 0 fully saturated rings. The van der Waals surface area contributed by atoms with Crippen molar-refractivity contribution in [3.63, 3.8) is 0 Å². The van der Waals surface area contributed by atoms with Gasteiger partial charge in [0.1, 0.15) is 0 Å². The van der Waals surface area contributed by atoms with Crippen LogP contribution in [0.2, 0.25) is 0 Å². The van der Waals surface area contributed by atoms with Crippen LogP contribution in [0.4, 0.5) is 11.4 Å². The summed E-state index contributed by atoms with van der Waals surface area (Å²) in [5.41, 5.74) is 8.09. The van der Waals surface area contributed by atoms with Gasteiger partial charge in [-0.1, -0.05) is 0 Å². The average Bonchev–Trinajstić information content (AvgIpc) is 2.71. The molecule has 0 aromatic carbocycles. The van der Waals surface area contributed by atoms with Gasteiger partial charge in [-0.15, -0.1) is 0 Å². The minimum absolute atomic E-state index is 0.0277. The maximum absolute atomic E-state index is 8.99. The Morgan fingerprint density at radius 1 is 1.59 bits per heavy atom.